The normalized spacial score (nSPS) is 36.9. The van der Waals surface area contributed by atoms with Gasteiger partial charge in [0.15, 0.2) is 0 Å². The molecule has 0 aromatic heterocycles. The first kappa shape index (κ1) is 11.7. The van der Waals surface area contributed by atoms with Crippen LogP contribution in [-0.2, 0) is 4.74 Å². The fourth-order valence-corrected chi connectivity index (χ4v) is 1.86. The Bertz CT molecular complexity index is 177. The quantitative estimate of drug-likeness (QED) is 0.691. The van der Waals surface area contributed by atoms with Crippen molar-refractivity contribution in [3.05, 3.63) is 12.2 Å². The summed E-state index contributed by atoms with van der Waals surface area (Å²) in [5.41, 5.74) is 0. The molecule has 14 heavy (non-hydrogen) atoms. The molecule has 1 rings (SSSR count). The number of ether oxygens (including phenoxy) is 1. The first-order valence-electron chi connectivity index (χ1n) is 5.76. The average Bonchev–Trinajstić information content (AvgIpc) is 2.29. The third-order valence-corrected chi connectivity index (χ3v) is 2.85. The van der Waals surface area contributed by atoms with Crippen LogP contribution < -0.4 is 0 Å². The molecule has 2 nitrogen and oxygen atoms in total. The number of aliphatic hydroxyl groups excluding tert-OH is 1. The first-order chi connectivity index (χ1) is 6.77. The molecule has 1 N–H and O–H groups in total. The van der Waals surface area contributed by atoms with Gasteiger partial charge in [-0.3, -0.25) is 0 Å². The van der Waals surface area contributed by atoms with Crippen molar-refractivity contribution in [2.45, 2.75) is 64.3 Å². The largest absolute Gasteiger partial charge is 0.390 e. The molecule has 0 fully saturated rings. The second kappa shape index (κ2) is 6.20. The third kappa shape index (κ3) is 3.43. The molecule has 1 aliphatic rings. The summed E-state index contributed by atoms with van der Waals surface area (Å²) in [5, 5.41) is 9.84. The summed E-state index contributed by atoms with van der Waals surface area (Å²) in [6.45, 7) is 4.22. The van der Waals surface area contributed by atoms with E-state index < -0.39 is 0 Å². The monoisotopic (exact) mass is 198 g/mol. The van der Waals surface area contributed by atoms with Crippen LogP contribution in [0.2, 0.25) is 0 Å². The highest BCUT2D eigenvalue weighted by Crippen LogP contribution is 2.18. The highest BCUT2D eigenvalue weighted by atomic mass is 16.5. The Morgan fingerprint density at radius 3 is 2.71 bits per heavy atom. The lowest BCUT2D eigenvalue weighted by molar-refractivity contribution is -0.0789. The van der Waals surface area contributed by atoms with Crippen LogP contribution in [0.1, 0.15) is 46.0 Å². The Morgan fingerprint density at radius 2 is 2.07 bits per heavy atom. The lowest BCUT2D eigenvalue weighted by atomic mass is 10.1. The molecule has 3 atom stereocenters. The molecule has 0 aromatic carbocycles. The second-order valence-corrected chi connectivity index (χ2v) is 3.96. The molecular weight excluding hydrogens is 176 g/mol. The van der Waals surface area contributed by atoms with Crippen LogP contribution >= 0.6 is 0 Å². The molecule has 82 valence electrons. The SMILES string of the molecule is CC[C@@H]1CC/C=C\C[C@@H](O)[C@@H](CC)O1. The zero-order valence-electron chi connectivity index (χ0n) is 9.28. The molecule has 1 aliphatic heterocycles. The van der Waals surface area contributed by atoms with Crippen molar-refractivity contribution in [1.29, 1.82) is 0 Å². The number of rotatable bonds is 2. The Labute approximate surface area is 87.0 Å². The standard InChI is InChI=1S/C12H22O2/c1-3-10-8-6-5-7-9-11(13)12(4-2)14-10/h5,7,10-13H,3-4,6,8-9H2,1-2H3/b7-5-/t10-,11-,12-/m1/s1. The van der Waals surface area contributed by atoms with Crippen molar-refractivity contribution < 1.29 is 9.84 Å². The summed E-state index contributed by atoms with van der Waals surface area (Å²) in [5.74, 6) is 0. The minimum Gasteiger partial charge on any atom is -0.390 e. The van der Waals surface area contributed by atoms with Crippen LogP contribution in [0, 0.1) is 0 Å². The van der Waals surface area contributed by atoms with Gasteiger partial charge in [0.2, 0.25) is 0 Å². The molecule has 2 heteroatoms. The lowest BCUT2D eigenvalue weighted by Crippen LogP contribution is -2.31. The topological polar surface area (TPSA) is 29.5 Å². The van der Waals surface area contributed by atoms with Crippen molar-refractivity contribution in [2.75, 3.05) is 0 Å². The van der Waals surface area contributed by atoms with E-state index >= 15 is 0 Å². The fourth-order valence-electron chi connectivity index (χ4n) is 1.86. The van der Waals surface area contributed by atoms with Gasteiger partial charge in [0.1, 0.15) is 0 Å². The zero-order chi connectivity index (χ0) is 10.4. The molecule has 1 heterocycles. The molecule has 0 radical (unpaired) electrons. The van der Waals surface area contributed by atoms with Crippen molar-refractivity contribution in [2.24, 2.45) is 0 Å². The predicted molar refractivity (Wildman–Crippen MR) is 58.2 cm³/mol. The van der Waals surface area contributed by atoms with Crippen LogP contribution in [0.15, 0.2) is 12.2 Å². The van der Waals surface area contributed by atoms with Gasteiger partial charge in [0.05, 0.1) is 18.3 Å². The van der Waals surface area contributed by atoms with E-state index in [1.54, 1.807) is 0 Å². The molecule has 0 unspecified atom stereocenters. The fraction of sp³-hybridized carbons (Fsp3) is 0.833. The Kier molecular flexibility index (Phi) is 5.20. The van der Waals surface area contributed by atoms with E-state index in [4.69, 9.17) is 4.74 Å². The minimum atomic E-state index is -0.330. The molecule has 0 aliphatic carbocycles. The zero-order valence-corrected chi connectivity index (χ0v) is 9.28. The van der Waals surface area contributed by atoms with Gasteiger partial charge in [0, 0.05) is 0 Å². The van der Waals surface area contributed by atoms with E-state index in [0.29, 0.717) is 6.10 Å². The number of allylic oxidation sites excluding steroid dienone is 1. The van der Waals surface area contributed by atoms with Gasteiger partial charge in [-0.05, 0) is 32.1 Å². The average molecular weight is 198 g/mol. The summed E-state index contributed by atoms with van der Waals surface area (Å²) in [4.78, 5) is 0. The molecule has 0 saturated carbocycles. The molecule has 0 spiro atoms. The van der Waals surface area contributed by atoms with E-state index in [1.807, 2.05) is 0 Å². The maximum Gasteiger partial charge on any atom is 0.0838 e. The smallest absolute Gasteiger partial charge is 0.0838 e. The van der Waals surface area contributed by atoms with Crippen molar-refractivity contribution >= 4 is 0 Å². The van der Waals surface area contributed by atoms with Crippen LogP contribution in [0.25, 0.3) is 0 Å². The van der Waals surface area contributed by atoms with Gasteiger partial charge in [-0.25, -0.2) is 0 Å². The van der Waals surface area contributed by atoms with Gasteiger partial charge < -0.3 is 9.84 Å². The molecular formula is C12H22O2. The van der Waals surface area contributed by atoms with E-state index in [1.165, 1.54) is 0 Å². The Morgan fingerprint density at radius 1 is 1.29 bits per heavy atom. The van der Waals surface area contributed by atoms with E-state index in [2.05, 4.69) is 26.0 Å². The maximum atomic E-state index is 9.84. The number of hydrogen-bond donors (Lipinski definition) is 1. The van der Waals surface area contributed by atoms with E-state index in [9.17, 15) is 5.11 Å². The van der Waals surface area contributed by atoms with E-state index in [-0.39, 0.29) is 12.2 Å². The molecule has 0 bridgehead atoms. The highest BCUT2D eigenvalue weighted by molar-refractivity contribution is 4.88. The molecule has 0 amide bonds. The first-order valence-corrected chi connectivity index (χ1v) is 5.76. The van der Waals surface area contributed by atoms with Crippen LogP contribution in [-0.4, -0.2) is 23.4 Å². The highest BCUT2D eigenvalue weighted by Gasteiger charge is 2.21. The Hall–Kier alpha value is -0.340. The van der Waals surface area contributed by atoms with Crippen LogP contribution in [0.3, 0.4) is 0 Å². The van der Waals surface area contributed by atoms with Crippen LogP contribution in [0.5, 0.6) is 0 Å². The predicted octanol–water partition coefficient (Wildman–Crippen LogP) is 2.66. The second-order valence-electron chi connectivity index (χ2n) is 3.96. The van der Waals surface area contributed by atoms with Gasteiger partial charge in [0.25, 0.3) is 0 Å². The van der Waals surface area contributed by atoms with Crippen molar-refractivity contribution in [3.63, 3.8) is 0 Å². The Balaban J connectivity index is 2.58. The lowest BCUT2D eigenvalue weighted by Gasteiger charge is -2.25. The third-order valence-electron chi connectivity index (χ3n) is 2.85. The molecule has 0 saturated heterocycles. The van der Waals surface area contributed by atoms with Crippen LogP contribution in [0.4, 0.5) is 0 Å². The van der Waals surface area contributed by atoms with E-state index in [0.717, 1.165) is 32.1 Å². The van der Waals surface area contributed by atoms with Crippen molar-refractivity contribution in [1.82, 2.24) is 0 Å². The maximum absolute atomic E-state index is 9.84. The van der Waals surface area contributed by atoms with Gasteiger partial charge in [-0.15, -0.1) is 0 Å². The summed E-state index contributed by atoms with van der Waals surface area (Å²) in [6, 6.07) is 0. The van der Waals surface area contributed by atoms with Gasteiger partial charge >= 0.3 is 0 Å². The summed E-state index contributed by atoms with van der Waals surface area (Å²) in [6.07, 6.45) is 9.06. The summed E-state index contributed by atoms with van der Waals surface area (Å²) in [7, 11) is 0. The molecule has 0 aromatic rings. The number of aliphatic hydroxyl groups is 1. The number of hydrogen-bond acceptors (Lipinski definition) is 2. The minimum absolute atomic E-state index is 0.0164. The summed E-state index contributed by atoms with van der Waals surface area (Å²) < 4.78 is 5.89. The summed E-state index contributed by atoms with van der Waals surface area (Å²) >= 11 is 0. The van der Waals surface area contributed by atoms with Gasteiger partial charge in [-0.1, -0.05) is 26.0 Å². The van der Waals surface area contributed by atoms with Crippen molar-refractivity contribution in [3.8, 4) is 0 Å². The van der Waals surface area contributed by atoms with Gasteiger partial charge in [-0.2, -0.15) is 0 Å².